The van der Waals surface area contributed by atoms with Gasteiger partial charge in [0.05, 0.1) is 12.0 Å². The number of aromatic nitrogens is 1. The van der Waals surface area contributed by atoms with Crippen LogP contribution in [0.1, 0.15) is 21.6 Å². The monoisotopic (exact) mass is 460 g/mol. The van der Waals surface area contributed by atoms with E-state index in [2.05, 4.69) is 10.3 Å². The summed E-state index contributed by atoms with van der Waals surface area (Å²) in [5.41, 5.74) is 2.99. The number of nitrogens with one attached hydrogen (secondary N) is 2. The highest BCUT2D eigenvalue weighted by Gasteiger charge is 2.18. The Balaban J connectivity index is 1.43. The summed E-state index contributed by atoms with van der Waals surface area (Å²) in [5.74, 6) is -0.418. The van der Waals surface area contributed by atoms with Gasteiger partial charge in [-0.2, -0.15) is 0 Å². The molecule has 0 radical (unpaired) electrons. The van der Waals surface area contributed by atoms with Gasteiger partial charge in [-0.1, -0.05) is 60.3 Å². The Hall–Kier alpha value is -3.68. The minimum Gasteiger partial charge on any atom is -0.504 e. The van der Waals surface area contributed by atoms with Crippen LogP contribution in [0.4, 0.5) is 0 Å². The van der Waals surface area contributed by atoms with Crippen LogP contribution in [-0.4, -0.2) is 34.8 Å². The number of benzene rings is 3. The van der Waals surface area contributed by atoms with Gasteiger partial charge in [-0.05, 0) is 41.5 Å². The van der Waals surface area contributed by atoms with Gasteiger partial charge in [-0.15, -0.1) is 0 Å². The molecule has 0 fully saturated rings. The number of carboxylic acids is 1. The highest BCUT2D eigenvalue weighted by molar-refractivity contribution is 7.99. The molecule has 0 aliphatic carbocycles. The standard InChI is InChI=1S/C26H24N2O4S/c1-32-23-15-17(10-12-22(23)29)6-5-13-27-16-18-9-11-20-21(14-18)28-24(26(30)31)25(20)33-19-7-3-2-4-8-19/h2-12,14-15,27-29H,13,16H2,1H3,(H,30,31). The molecule has 3 aromatic carbocycles. The number of aromatic carboxylic acids is 1. The van der Waals surface area contributed by atoms with Crippen LogP contribution >= 0.6 is 11.8 Å². The van der Waals surface area contributed by atoms with Crippen LogP contribution in [0.2, 0.25) is 0 Å². The normalized spacial score (nSPS) is 11.3. The molecule has 6 nitrogen and oxygen atoms in total. The number of ether oxygens (including phenoxy) is 1. The number of fused-ring (bicyclic) bond motifs is 1. The zero-order chi connectivity index (χ0) is 23.2. The second-order valence-electron chi connectivity index (χ2n) is 7.39. The molecule has 0 bridgehead atoms. The average Bonchev–Trinajstić information content (AvgIpc) is 3.18. The summed E-state index contributed by atoms with van der Waals surface area (Å²) in [6, 6.07) is 20.9. The average molecular weight is 461 g/mol. The van der Waals surface area contributed by atoms with Crippen molar-refractivity contribution >= 4 is 34.7 Å². The maximum atomic E-state index is 11.8. The lowest BCUT2D eigenvalue weighted by atomic mass is 10.1. The van der Waals surface area contributed by atoms with Crippen LogP contribution in [0.5, 0.6) is 11.5 Å². The van der Waals surface area contributed by atoms with Gasteiger partial charge in [0.25, 0.3) is 0 Å². The van der Waals surface area contributed by atoms with E-state index in [-0.39, 0.29) is 11.4 Å². The third kappa shape index (κ3) is 5.39. The second-order valence-corrected chi connectivity index (χ2v) is 8.48. The van der Waals surface area contributed by atoms with Gasteiger partial charge in [0, 0.05) is 28.9 Å². The minimum atomic E-state index is -0.972. The van der Waals surface area contributed by atoms with E-state index < -0.39 is 5.97 Å². The zero-order valence-electron chi connectivity index (χ0n) is 18.0. The summed E-state index contributed by atoms with van der Waals surface area (Å²) in [5, 5.41) is 23.6. The summed E-state index contributed by atoms with van der Waals surface area (Å²) in [7, 11) is 1.52. The number of carbonyl (C=O) groups is 1. The van der Waals surface area contributed by atoms with Crippen molar-refractivity contribution in [3.05, 3.63) is 89.6 Å². The largest absolute Gasteiger partial charge is 0.504 e. The van der Waals surface area contributed by atoms with Crippen molar-refractivity contribution in [2.45, 2.75) is 16.3 Å². The summed E-state index contributed by atoms with van der Waals surface area (Å²) in [6.07, 6.45) is 3.95. The number of rotatable bonds is 9. The predicted octanol–water partition coefficient (Wildman–Crippen LogP) is 5.53. The maximum Gasteiger partial charge on any atom is 0.353 e. The van der Waals surface area contributed by atoms with E-state index in [9.17, 15) is 15.0 Å². The highest BCUT2D eigenvalue weighted by Crippen LogP contribution is 2.37. The van der Waals surface area contributed by atoms with Crippen LogP contribution in [-0.2, 0) is 6.54 Å². The Labute approximate surface area is 195 Å². The lowest BCUT2D eigenvalue weighted by Crippen LogP contribution is -2.12. The Morgan fingerprint density at radius 3 is 2.70 bits per heavy atom. The topological polar surface area (TPSA) is 94.6 Å². The van der Waals surface area contributed by atoms with Gasteiger partial charge in [-0.25, -0.2) is 4.79 Å². The smallest absolute Gasteiger partial charge is 0.353 e. The predicted molar refractivity (Wildman–Crippen MR) is 131 cm³/mol. The Morgan fingerprint density at radius 1 is 1.12 bits per heavy atom. The van der Waals surface area contributed by atoms with Gasteiger partial charge < -0.3 is 25.3 Å². The molecular weight excluding hydrogens is 436 g/mol. The summed E-state index contributed by atoms with van der Waals surface area (Å²) < 4.78 is 5.12. The lowest BCUT2D eigenvalue weighted by Gasteiger charge is -2.05. The molecule has 33 heavy (non-hydrogen) atoms. The molecule has 4 N–H and O–H groups in total. The molecule has 0 aliphatic rings. The maximum absolute atomic E-state index is 11.8. The van der Waals surface area contributed by atoms with Gasteiger partial charge in [-0.3, -0.25) is 0 Å². The number of hydrogen-bond donors (Lipinski definition) is 4. The van der Waals surface area contributed by atoms with Gasteiger partial charge >= 0.3 is 5.97 Å². The van der Waals surface area contributed by atoms with Gasteiger partial charge in [0.2, 0.25) is 0 Å². The minimum absolute atomic E-state index is 0.115. The third-order valence-electron chi connectivity index (χ3n) is 5.10. The van der Waals surface area contributed by atoms with E-state index in [0.717, 1.165) is 31.8 Å². The van der Waals surface area contributed by atoms with Crippen molar-refractivity contribution in [1.29, 1.82) is 0 Å². The van der Waals surface area contributed by atoms with Gasteiger partial charge in [0.15, 0.2) is 11.5 Å². The fourth-order valence-corrected chi connectivity index (χ4v) is 4.54. The number of aromatic hydroxyl groups is 1. The Bertz CT molecular complexity index is 1300. The number of H-pyrrole nitrogens is 1. The first-order valence-corrected chi connectivity index (χ1v) is 11.2. The molecule has 168 valence electrons. The van der Waals surface area contributed by atoms with E-state index in [4.69, 9.17) is 4.74 Å². The number of carboxylic acid groups (broad SMARTS) is 1. The van der Waals surface area contributed by atoms with Crippen LogP contribution in [0.15, 0.2) is 82.6 Å². The summed E-state index contributed by atoms with van der Waals surface area (Å²) >= 11 is 1.45. The Kier molecular flexibility index (Phi) is 7.02. The quantitative estimate of drug-likeness (QED) is 0.245. The zero-order valence-corrected chi connectivity index (χ0v) is 18.9. The molecular formula is C26H24N2O4S. The molecule has 0 aliphatic heterocycles. The fourth-order valence-electron chi connectivity index (χ4n) is 3.48. The van der Waals surface area contributed by atoms with Crippen molar-refractivity contribution < 1.29 is 19.7 Å². The number of phenols is 1. The molecule has 4 rings (SSSR count). The molecule has 0 saturated heterocycles. The van der Waals surface area contributed by atoms with Crippen molar-refractivity contribution in [3.8, 4) is 11.5 Å². The van der Waals surface area contributed by atoms with Crippen LogP contribution in [0.25, 0.3) is 17.0 Å². The van der Waals surface area contributed by atoms with Crippen molar-refractivity contribution in [3.63, 3.8) is 0 Å². The first kappa shape index (κ1) is 22.5. The molecule has 7 heteroatoms. The first-order chi connectivity index (χ1) is 16.0. The number of hydrogen-bond acceptors (Lipinski definition) is 5. The van der Waals surface area contributed by atoms with E-state index in [1.54, 1.807) is 12.1 Å². The van der Waals surface area contributed by atoms with Crippen molar-refractivity contribution in [2.24, 2.45) is 0 Å². The number of methoxy groups -OCH3 is 1. The third-order valence-corrected chi connectivity index (χ3v) is 6.23. The molecule has 4 aromatic rings. The van der Waals surface area contributed by atoms with E-state index in [1.807, 2.05) is 66.7 Å². The molecule has 0 saturated carbocycles. The summed E-state index contributed by atoms with van der Waals surface area (Å²) in [6.45, 7) is 1.29. The van der Waals surface area contributed by atoms with Crippen molar-refractivity contribution in [1.82, 2.24) is 10.3 Å². The molecule has 1 heterocycles. The van der Waals surface area contributed by atoms with Crippen LogP contribution in [0.3, 0.4) is 0 Å². The molecule has 1 aromatic heterocycles. The highest BCUT2D eigenvalue weighted by atomic mass is 32.2. The number of aromatic amines is 1. The second kappa shape index (κ2) is 10.3. The fraction of sp³-hybridized carbons (Fsp3) is 0.115. The van der Waals surface area contributed by atoms with Crippen LogP contribution in [0, 0.1) is 0 Å². The SMILES string of the molecule is COc1cc(C=CCNCc2ccc3c(Sc4ccccc4)c(C(=O)O)[nH]c3c2)ccc1O. The molecule has 0 spiro atoms. The Morgan fingerprint density at radius 2 is 1.94 bits per heavy atom. The number of phenolic OH excluding ortho intramolecular Hbond substituents is 1. The van der Waals surface area contributed by atoms with Gasteiger partial charge in [0.1, 0.15) is 5.69 Å². The van der Waals surface area contributed by atoms with E-state index >= 15 is 0 Å². The lowest BCUT2D eigenvalue weighted by molar-refractivity contribution is 0.0687. The molecule has 0 amide bonds. The van der Waals surface area contributed by atoms with E-state index in [1.165, 1.54) is 18.9 Å². The van der Waals surface area contributed by atoms with E-state index in [0.29, 0.717) is 18.8 Å². The summed E-state index contributed by atoms with van der Waals surface area (Å²) in [4.78, 5) is 16.6. The molecule has 0 atom stereocenters. The first-order valence-electron chi connectivity index (χ1n) is 10.4. The van der Waals surface area contributed by atoms with Crippen LogP contribution < -0.4 is 10.1 Å². The van der Waals surface area contributed by atoms with Crippen molar-refractivity contribution in [2.75, 3.05) is 13.7 Å². The molecule has 0 unspecified atom stereocenters.